The molecule has 0 radical (unpaired) electrons. The second-order valence-electron chi connectivity index (χ2n) is 4.52. The Kier molecular flexibility index (Phi) is 4.25. The lowest BCUT2D eigenvalue weighted by Gasteiger charge is -2.18. The number of nitrogens with one attached hydrogen (secondary N) is 1. The van der Waals surface area contributed by atoms with Crippen LogP contribution in [0.3, 0.4) is 0 Å². The summed E-state index contributed by atoms with van der Waals surface area (Å²) in [6, 6.07) is 10.0. The minimum atomic E-state index is -0.0986. The topological polar surface area (TPSA) is 60.2 Å². The molecule has 4 heteroatoms. The van der Waals surface area contributed by atoms with Crippen molar-refractivity contribution in [1.82, 2.24) is 10.4 Å². The van der Waals surface area contributed by atoms with Crippen LogP contribution in [0.2, 0.25) is 0 Å². The molecule has 0 saturated heterocycles. The third-order valence-corrected chi connectivity index (χ3v) is 2.83. The molecule has 1 aromatic heterocycles. The van der Waals surface area contributed by atoms with Crippen molar-refractivity contribution in [1.29, 1.82) is 0 Å². The van der Waals surface area contributed by atoms with E-state index in [0.717, 1.165) is 16.5 Å². The van der Waals surface area contributed by atoms with Gasteiger partial charge in [-0.3, -0.25) is 10.8 Å². The van der Waals surface area contributed by atoms with Crippen LogP contribution in [0.4, 0.5) is 0 Å². The van der Waals surface area contributed by atoms with Crippen molar-refractivity contribution < 1.29 is 4.74 Å². The summed E-state index contributed by atoms with van der Waals surface area (Å²) in [5, 5.41) is 2.27. The van der Waals surface area contributed by atoms with Gasteiger partial charge in [-0.1, -0.05) is 24.3 Å². The summed E-state index contributed by atoms with van der Waals surface area (Å²) < 4.78 is 5.62. The summed E-state index contributed by atoms with van der Waals surface area (Å²) in [6.07, 6.45) is 1.98. The zero-order valence-electron chi connectivity index (χ0n) is 10.8. The lowest BCUT2D eigenvalue weighted by Crippen LogP contribution is -2.33. The number of pyridine rings is 1. The van der Waals surface area contributed by atoms with Gasteiger partial charge >= 0.3 is 0 Å². The molecule has 0 spiro atoms. The van der Waals surface area contributed by atoms with Crippen molar-refractivity contribution in [2.45, 2.75) is 26.0 Å². The van der Waals surface area contributed by atoms with Crippen LogP contribution in [0.25, 0.3) is 10.8 Å². The maximum atomic E-state index is 5.62. The summed E-state index contributed by atoms with van der Waals surface area (Å²) in [6.45, 7) is 4.52. The molecule has 18 heavy (non-hydrogen) atoms. The first-order valence-corrected chi connectivity index (χ1v) is 6.13. The van der Waals surface area contributed by atoms with Gasteiger partial charge in [-0.2, -0.15) is 0 Å². The van der Waals surface area contributed by atoms with Crippen LogP contribution in [0.15, 0.2) is 36.5 Å². The zero-order valence-corrected chi connectivity index (χ0v) is 10.8. The van der Waals surface area contributed by atoms with E-state index in [9.17, 15) is 0 Å². The van der Waals surface area contributed by atoms with Crippen LogP contribution >= 0.6 is 0 Å². The van der Waals surface area contributed by atoms with E-state index in [-0.39, 0.29) is 12.1 Å². The number of ether oxygens (including phenoxy) is 1. The van der Waals surface area contributed by atoms with Crippen molar-refractivity contribution in [2.75, 3.05) is 6.61 Å². The fraction of sp³-hybridized carbons (Fsp3) is 0.357. The molecule has 0 bridgehead atoms. The van der Waals surface area contributed by atoms with E-state index in [1.54, 1.807) is 6.20 Å². The maximum absolute atomic E-state index is 5.62. The monoisotopic (exact) mass is 245 g/mol. The molecule has 0 amide bonds. The Bertz CT molecular complexity index is 508. The van der Waals surface area contributed by atoms with Gasteiger partial charge in [-0.25, -0.2) is 5.43 Å². The highest BCUT2D eigenvalue weighted by atomic mass is 16.5. The zero-order chi connectivity index (χ0) is 13.0. The Balaban J connectivity index is 2.32. The molecule has 2 aromatic rings. The van der Waals surface area contributed by atoms with E-state index in [1.807, 2.05) is 32.0 Å². The van der Waals surface area contributed by atoms with Crippen molar-refractivity contribution in [2.24, 2.45) is 5.84 Å². The smallest absolute Gasteiger partial charge is 0.0871 e. The van der Waals surface area contributed by atoms with Crippen molar-refractivity contribution in [3.05, 3.63) is 42.2 Å². The number of aromatic nitrogens is 1. The second kappa shape index (κ2) is 5.91. The predicted molar refractivity (Wildman–Crippen MR) is 72.9 cm³/mol. The van der Waals surface area contributed by atoms with Gasteiger partial charge < -0.3 is 4.74 Å². The molecule has 0 saturated carbocycles. The van der Waals surface area contributed by atoms with Gasteiger partial charge in [0.25, 0.3) is 0 Å². The molecule has 1 heterocycles. The second-order valence-corrected chi connectivity index (χ2v) is 4.52. The van der Waals surface area contributed by atoms with Crippen LogP contribution in [0.1, 0.15) is 25.6 Å². The normalized spacial score (nSPS) is 13.1. The molecule has 2 rings (SSSR count). The molecule has 96 valence electrons. The minimum absolute atomic E-state index is 0.0986. The first-order valence-electron chi connectivity index (χ1n) is 6.13. The van der Waals surface area contributed by atoms with E-state index in [2.05, 4.69) is 22.5 Å². The molecule has 0 aliphatic carbocycles. The number of hydrogen-bond acceptors (Lipinski definition) is 4. The standard InChI is InChI=1S/C14H19N3O/c1-10(2)18-9-13(17-15)14-12-6-4-3-5-11(12)7-8-16-14/h3-8,10,13,17H,9,15H2,1-2H3. The molecule has 0 aliphatic heterocycles. The number of nitrogens with zero attached hydrogens (tertiary/aromatic N) is 1. The molecule has 0 aliphatic rings. The largest absolute Gasteiger partial charge is 0.377 e. The average molecular weight is 245 g/mol. The third-order valence-electron chi connectivity index (χ3n) is 2.83. The summed E-state index contributed by atoms with van der Waals surface area (Å²) in [5.74, 6) is 5.61. The Morgan fingerprint density at radius 2 is 2.06 bits per heavy atom. The molecule has 3 N–H and O–H groups in total. The summed E-state index contributed by atoms with van der Waals surface area (Å²) in [7, 11) is 0. The van der Waals surface area contributed by atoms with Gasteiger partial charge in [0.05, 0.1) is 24.4 Å². The van der Waals surface area contributed by atoms with Crippen LogP contribution in [-0.2, 0) is 4.74 Å². The highest BCUT2D eigenvalue weighted by molar-refractivity contribution is 5.84. The lowest BCUT2D eigenvalue weighted by molar-refractivity contribution is 0.0606. The first-order chi connectivity index (χ1) is 8.72. The molecule has 4 nitrogen and oxygen atoms in total. The maximum Gasteiger partial charge on any atom is 0.0871 e. The molecule has 1 unspecified atom stereocenters. The van der Waals surface area contributed by atoms with Crippen LogP contribution < -0.4 is 11.3 Å². The highest BCUT2D eigenvalue weighted by Gasteiger charge is 2.15. The van der Waals surface area contributed by atoms with E-state index in [4.69, 9.17) is 10.6 Å². The summed E-state index contributed by atoms with van der Waals surface area (Å²) in [5.41, 5.74) is 3.71. The predicted octanol–water partition coefficient (Wildman–Crippen LogP) is 2.16. The molecular weight excluding hydrogens is 226 g/mol. The van der Waals surface area contributed by atoms with E-state index < -0.39 is 0 Å². The third kappa shape index (κ3) is 2.85. The Hall–Kier alpha value is -1.49. The number of hydrazine groups is 1. The Labute approximate surface area is 107 Å². The number of fused-ring (bicyclic) bond motifs is 1. The number of hydrogen-bond donors (Lipinski definition) is 2. The average Bonchev–Trinajstić information content (AvgIpc) is 2.39. The van der Waals surface area contributed by atoms with Gasteiger partial charge in [-0.15, -0.1) is 0 Å². The minimum Gasteiger partial charge on any atom is -0.377 e. The molecule has 0 fully saturated rings. The number of rotatable bonds is 5. The highest BCUT2D eigenvalue weighted by Crippen LogP contribution is 2.22. The molecule has 1 aromatic carbocycles. The van der Waals surface area contributed by atoms with E-state index in [1.165, 1.54) is 0 Å². The summed E-state index contributed by atoms with van der Waals surface area (Å²) >= 11 is 0. The molecular formula is C14H19N3O. The van der Waals surface area contributed by atoms with Gasteiger partial charge in [-0.05, 0) is 25.3 Å². The van der Waals surface area contributed by atoms with E-state index >= 15 is 0 Å². The fourth-order valence-corrected chi connectivity index (χ4v) is 1.92. The quantitative estimate of drug-likeness (QED) is 0.626. The Morgan fingerprint density at radius 1 is 1.28 bits per heavy atom. The summed E-state index contributed by atoms with van der Waals surface area (Å²) in [4.78, 5) is 4.43. The fourth-order valence-electron chi connectivity index (χ4n) is 1.92. The number of benzene rings is 1. The number of nitrogens with two attached hydrogens (primary N) is 1. The van der Waals surface area contributed by atoms with Crippen molar-refractivity contribution in [3.63, 3.8) is 0 Å². The van der Waals surface area contributed by atoms with Gasteiger partial charge in [0.1, 0.15) is 0 Å². The van der Waals surface area contributed by atoms with Gasteiger partial charge in [0, 0.05) is 11.6 Å². The van der Waals surface area contributed by atoms with Gasteiger partial charge in [0.2, 0.25) is 0 Å². The van der Waals surface area contributed by atoms with Crippen LogP contribution in [-0.4, -0.2) is 17.7 Å². The van der Waals surface area contributed by atoms with Crippen molar-refractivity contribution >= 4 is 10.8 Å². The van der Waals surface area contributed by atoms with Gasteiger partial charge in [0.15, 0.2) is 0 Å². The van der Waals surface area contributed by atoms with Crippen molar-refractivity contribution in [3.8, 4) is 0 Å². The Morgan fingerprint density at radius 3 is 2.78 bits per heavy atom. The lowest BCUT2D eigenvalue weighted by atomic mass is 10.1. The first kappa shape index (κ1) is 13.0. The SMILES string of the molecule is CC(C)OCC(NN)c1nccc2ccccc12. The van der Waals surface area contributed by atoms with E-state index in [0.29, 0.717) is 6.61 Å². The van der Waals surface area contributed by atoms with Crippen LogP contribution in [0.5, 0.6) is 0 Å². The molecule has 1 atom stereocenters. The van der Waals surface area contributed by atoms with Crippen LogP contribution in [0, 0.1) is 0 Å².